The molecule has 0 aromatic heterocycles. The van der Waals surface area contributed by atoms with Gasteiger partial charge in [0, 0.05) is 44.2 Å². The van der Waals surface area contributed by atoms with Crippen molar-refractivity contribution in [2.75, 3.05) is 24.5 Å². The zero-order valence-corrected chi connectivity index (χ0v) is 19.0. The van der Waals surface area contributed by atoms with Crippen LogP contribution >= 0.6 is 0 Å². The fourth-order valence-electron chi connectivity index (χ4n) is 4.96. The second-order valence-corrected chi connectivity index (χ2v) is 10.7. The number of anilines is 1. The third kappa shape index (κ3) is 5.29. The summed E-state index contributed by atoms with van der Waals surface area (Å²) in [5, 5.41) is 0. The lowest BCUT2D eigenvalue weighted by Gasteiger charge is -2.27. The molecule has 0 radical (unpaired) electrons. The Hall–Kier alpha value is -1.93. The lowest BCUT2D eigenvalue weighted by atomic mass is 9.96. The summed E-state index contributed by atoms with van der Waals surface area (Å²) in [6.45, 7) is 2.13. The summed E-state index contributed by atoms with van der Waals surface area (Å²) in [7, 11) is -3.56. The zero-order chi connectivity index (χ0) is 21.8. The number of hydrogen-bond donors (Lipinski definition) is 1. The molecule has 0 spiro atoms. The van der Waals surface area contributed by atoms with Crippen molar-refractivity contribution in [2.45, 2.75) is 81.6 Å². The molecule has 0 bridgehead atoms. The van der Waals surface area contributed by atoms with Gasteiger partial charge in [-0.25, -0.2) is 13.1 Å². The minimum atomic E-state index is -3.56. The van der Waals surface area contributed by atoms with Crippen LogP contribution in [0.2, 0.25) is 0 Å². The van der Waals surface area contributed by atoms with E-state index in [9.17, 15) is 18.0 Å². The highest BCUT2D eigenvalue weighted by molar-refractivity contribution is 7.89. The number of amides is 2. The number of hydrogen-bond acceptors (Lipinski definition) is 4. The van der Waals surface area contributed by atoms with Crippen LogP contribution in [0.15, 0.2) is 23.1 Å². The fraction of sp³-hybridized carbons (Fsp3) is 0.652. The molecule has 2 aliphatic heterocycles. The van der Waals surface area contributed by atoms with Crippen molar-refractivity contribution in [1.82, 2.24) is 9.62 Å². The van der Waals surface area contributed by atoms with Crippen LogP contribution in [-0.4, -0.2) is 50.8 Å². The van der Waals surface area contributed by atoms with Crippen LogP contribution in [0.3, 0.4) is 0 Å². The van der Waals surface area contributed by atoms with Gasteiger partial charge in [0.05, 0.1) is 4.90 Å². The summed E-state index contributed by atoms with van der Waals surface area (Å²) in [5.74, 6) is -0.0113. The number of fused-ring (bicyclic) bond motifs is 1. The fourth-order valence-corrected chi connectivity index (χ4v) is 6.32. The van der Waals surface area contributed by atoms with Crippen LogP contribution in [0.25, 0.3) is 0 Å². The van der Waals surface area contributed by atoms with Gasteiger partial charge >= 0.3 is 0 Å². The molecular formula is C23H33N3O4S. The molecule has 1 N–H and O–H groups in total. The van der Waals surface area contributed by atoms with Gasteiger partial charge in [-0.15, -0.1) is 0 Å². The van der Waals surface area contributed by atoms with E-state index >= 15 is 0 Å². The summed E-state index contributed by atoms with van der Waals surface area (Å²) in [6, 6.07) is 5.05. The molecule has 1 saturated heterocycles. The first-order valence-electron chi connectivity index (χ1n) is 11.7. The van der Waals surface area contributed by atoms with Gasteiger partial charge in [-0.1, -0.05) is 19.3 Å². The predicted molar refractivity (Wildman–Crippen MR) is 119 cm³/mol. The number of carbonyl (C=O) groups excluding carboxylic acids is 2. The highest BCUT2D eigenvalue weighted by Crippen LogP contribution is 2.31. The molecule has 31 heavy (non-hydrogen) atoms. The van der Waals surface area contributed by atoms with Crippen molar-refractivity contribution in [3.63, 3.8) is 0 Å². The molecule has 2 heterocycles. The minimum absolute atomic E-state index is 0.0162. The second kappa shape index (κ2) is 9.69. The number of nitrogens with zero attached hydrogens (tertiary/aromatic N) is 2. The van der Waals surface area contributed by atoms with Gasteiger partial charge < -0.3 is 9.80 Å². The van der Waals surface area contributed by atoms with Gasteiger partial charge in [0.25, 0.3) is 0 Å². The van der Waals surface area contributed by atoms with E-state index in [1.807, 2.05) is 4.90 Å². The van der Waals surface area contributed by atoms with Crippen LogP contribution in [-0.2, 0) is 26.0 Å². The number of likely N-dealkylation sites (tertiary alicyclic amines) is 1. The predicted octanol–water partition coefficient (Wildman–Crippen LogP) is 2.98. The number of rotatable bonds is 6. The maximum atomic E-state index is 12.8. The number of piperidine rings is 1. The third-order valence-corrected chi connectivity index (χ3v) is 8.26. The lowest BCUT2D eigenvalue weighted by Crippen LogP contribution is -2.37. The average Bonchev–Trinajstić information content (AvgIpc) is 3.22. The van der Waals surface area contributed by atoms with E-state index in [1.54, 1.807) is 23.1 Å². The Balaban J connectivity index is 1.37. The van der Waals surface area contributed by atoms with Gasteiger partial charge in [-0.3, -0.25) is 9.59 Å². The molecule has 0 unspecified atom stereocenters. The smallest absolute Gasteiger partial charge is 0.240 e. The Bertz CT molecular complexity index is 919. The van der Waals surface area contributed by atoms with Gasteiger partial charge in [-0.05, 0) is 62.3 Å². The molecule has 4 rings (SSSR count). The van der Waals surface area contributed by atoms with Crippen molar-refractivity contribution in [3.8, 4) is 0 Å². The Kier molecular flexibility index (Phi) is 6.96. The van der Waals surface area contributed by atoms with Crippen LogP contribution < -0.4 is 9.62 Å². The molecule has 2 fully saturated rings. The molecule has 1 aliphatic carbocycles. The first kappa shape index (κ1) is 22.3. The van der Waals surface area contributed by atoms with Gasteiger partial charge in [0.1, 0.15) is 0 Å². The van der Waals surface area contributed by atoms with Gasteiger partial charge in [0.15, 0.2) is 0 Å². The standard InChI is InChI=1S/C23H33N3O4S/c27-22(25-14-5-2-6-15-25)11-12-23(28)26-16-13-18-17-20(9-10-21(18)26)31(29,30)24-19-7-3-1-4-8-19/h9-10,17,19,24H,1-8,11-16H2. The molecule has 8 heteroatoms. The van der Waals surface area contributed by atoms with E-state index in [0.29, 0.717) is 13.0 Å². The maximum Gasteiger partial charge on any atom is 0.240 e. The van der Waals surface area contributed by atoms with Crippen molar-refractivity contribution in [1.29, 1.82) is 0 Å². The van der Waals surface area contributed by atoms with Crippen LogP contribution in [0.5, 0.6) is 0 Å². The van der Waals surface area contributed by atoms with E-state index in [0.717, 1.165) is 62.9 Å². The van der Waals surface area contributed by atoms with Gasteiger partial charge in [-0.2, -0.15) is 0 Å². The highest BCUT2D eigenvalue weighted by Gasteiger charge is 2.28. The van der Waals surface area contributed by atoms with E-state index < -0.39 is 10.0 Å². The number of sulfonamides is 1. The SMILES string of the molecule is O=C(CCC(=O)N1CCc2cc(S(=O)(=O)NC3CCCCC3)ccc21)N1CCCCC1. The highest BCUT2D eigenvalue weighted by atomic mass is 32.2. The quantitative estimate of drug-likeness (QED) is 0.726. The summed E-state index contributed by atoms with van der Waals surface area (Å²) in [4.78, 5) is 29.0. The second-order valence-electron chi connectivity index (χ2n) is 8.98. The molecular weight excluding hydrogens is 414 g/mol. The van der Waals surface area contributed by atoms with Crippen molar-refractivity contribution >= 4 is 27.5 Å². The summed E-state index contributed by atoms with van der Waals surface area (Å²) in [5.41, 5.74) is 1.65. The third-order valence-electron chi connectivity index (χ3n) is 6.75. The number of nitrogens with one attached hydrogen (secondary N) is 1. The monoisotopic (exact) mass is 447 g/mol. The van der Waals surface area contributed by atoms with Crippen molar-refractivity contribution in [3.05, 3.63) is 23.8 Å². The van der Waals surface area contributed by atoms with Crippen molar-refractivity contribution in [2.24, 2.45) is 0 Å². The molecule has 170 valence electrons. The normalized spacial score (nSPS) is 20.0. The molecule has 1 aromatic rings. The Morgan fingerprint density at radius 3 is 2.32 bits per heavy atom. The molecule has 0 atom stereocenters. The number of carbonyl (C=O) groups is 2. The Morgan fingerprint density at radius 2 is 1.58 bits per heavy atom. The van der Waals surface area contributed by atoms with E-state index in [-0.39, 0.29) is 35.6 Å². The molecule has 1 aromatic carbocycles. The Morgan fingerprint density at radius 1 is 0.903 bits per heavy atom. The van der Waals surface area contributed by atoms with Crippen molar-refractivity contribution < 1.29 is 18.0 Å². The minimum Gasteiger partial charge on any atom is -0.343 e. The average molecular weight is 448 g/mol. The van der Waals surface area contributed by atoms with E-state index in [1.165, 1.54) is 12.8 Å². The lowest BCUT2D eigenvalue weighted by molar-refractivity contribution is -0.133. The first-order valence-corrected chi connectivity index (χ1v) is 13.2. The Labute approximate surface area is 185 Å². The summed E-state index contributed by atoms with van der Waals surface area (Å²) >= 11 is 0. The van der Waals surface area contributed by atoms with Crippen LogP contribution in [0.4, 0.5) is 5.69 Å². The largest absolute Gasteiger partial charge is 0.343 e. The van der Waals surface area contributed by atoms with Crippen LogP contribution in [0, 0.1) is 0 Å². The van der Waals surface area contributed by atoms with Gasteiger partial charge in [0.2, 0.25) is 21.8 Å². The van der Waals surface area contributed by atoms with E-state index in [4.69, 9.17) is 0 Å². The zero-order valence-electron chi connectivity index (χ0n) is 18.1. The number of benzene rings is 1. The topological polar surface area (TPSA) is 86.8 Å². The summed E-state index contributed by atoms with van der Waals surface area (Å²) in [6.07, 6.45) is 9.40. The summed E-state index contributed by atoms with van der Waals surface area (Å²) < 4.78 is 28.5. The maximum absolute atomic E-state index is 12.8. The van der Waals surface area contributed by atoms with E-state index in [2.05, 4.69) is 4.72 Å². The molecule has 2 amide bonds. The van der Waals surface area contributed by atoms with Crippen LogP contribution in [0.1, 0.15) is 69.8 Å². The first-order chi connectivity index (χ1) is 14.9. The molecule has 1 saturated carbocycles. The molecule has 3 aliphatic rings. The molecule has 7 nitrogen and oxygen atoms in total.